The van der Waals surface area contributed by atoms with Crippen LogP contribution in [-0.4, -0.2) is 19.0 Å². The van der Waals surface area contributed by atoms with Crippen molar-refractivity contribution in [1.82, 2.24) is 5.32 Å². The van der Waals surface area contributed by atoms with Crippen LogP contribution in [-0.2, 0) is 0 Å². The minimum atomic E-state index is -2.37. The van der Waals surface area contributed by atoms with E-state index in [0.717, 1.165) is 19.5 Å². The monoisotopic (exact) mass is 175 g/mol. The Morgan fingerprint density at radius 3 is 2.83 bits per heavy atom. The molecule has 2 rings (SSSR count). The number of hydrogen-bond acceptors (Lipinski definition) is 1. The van der Waals surface area contributed by atoms with Gasteiger partial charge in [-0.2, -0.15) is 0 Å². The third-order valence-corrected chi connectivity index (χ3v) is 3.24. The Labute approximate surface area is 71.5 Å². The molecular weight excluding hydrogens is 160 g/mol. The smallest absolute Gasteiger partial charge is 0.251 e. The number of fused-ring (bicyclic) bond motifs is 1. The van der Waals surface area contributed by atoms with Crippen molar-refractivity contribution in [3.8, 4) is 0 Å². The van der Waals surface area contributed by atoms with Crippen LogP contribution in [0.1, 0.15) is 25.7 Å². The molecule has 1 nitrogen and oxygen atoms in total. The molecule has 1 aliphatic carbocycles. The van der Waals surface area contributed by atoms with E-state index in [9.17, 15) is 8.78 Å². The quantitative estimate of drug-likeness (QED) is 0.594. The van der Waals surface area contributed by atoms with Crippen molar-refractivity contribution in [3.63, 3.8) is 0 Å². The molecule has 0 radical (unpaired) electrons. The van der Waals surface area contributed by atoms with E-state index in [1.807, 2.05) is 0 Å². The van der Waals surface area contributed by atoms with E-state index in [-0.39, 0.29) is 18.3 Å². The van der Waals surface area contributed by atoms with E-state index < -0.39 is 5.92 Å². The van der Waals surface area contributed by atoms with E-state index in [4.69, 9.17) is 0 Å². The summed E-state index contributed by atoms with van der Waals surface area (Å²) in [5, 5.41) is 3.19. The van der Waals surface area contributed by atoms with Crippen LogP contribution in [0.3, 0.4) is 0 Å². The van der Waals surface area contributed by atoms with Gasteiger partial charge in [0.05, 0.1) is 0 Å². The van der Waals surface area contributed by atoms with Gasteiger partial charge in [0.2, 0.25) is 0 Å². The molecule has 2 atom stereocenters. The third kappa shape index (κ3) is 1.35. The Morgan fingerprint density at radius 1 is 1.25 bits per heavy atom. The van der Waals surface area contributed by atoms with E-state index in [0.29, 0.717) is 12.8 Å². The first-order valence-electron chi connectivity index (χ1n) is 4.79. The fourth-order valence-electron chi connectivity index (χ4n) is 2.57. The molecule has 2 aliphatic rings. The van der Waals surface area contributed by atoms with Crippen LogP contribution >= 0.6 is 0 Å². The number of hydrogen-bond donors (Lipinski definition) is 1. The minimum absolute atomic E-state index is 0.119. The lowest BCUT2D eigenvalue weighted by atomic mass is 9.73. The molecule has 1 saturated carbocycles. The van der Waals surface area contributed by atoms with Gasteiger partial charge in [-0.05, 0) is 38.3 Å². The van der Waals surface area contributed by atoms with Gasteiger partial charge in [-0.3, -0.25) is 0 Å². The molecule has 0 aromatic rings. The van der Waals surface area contributed by atoms with Gasteiger partial charge in [0.1, 0.15) is 0 Å². The van der Waals surface area contributed by atoms with Crippen LogP contribution in [0.25, 0.3) is 0 Å². The summed E-state index contributed by atoms with van der Waals surface area (Å²) in [4.78, 5) is 0. The zero-order chi connectivity index (χ0) is 8.60. The SMILES string of the molecule is FC1(F)CCC[C@@H]2CNCC[C@H]21. The van der Waals surface area contributed by atoms with Crippen LogP contribution in [0.5, 0.6) is 0 Å². The lowest BCUT2D eigenvalue weighted by Crippen LogP contribution is -2.47. The van der Waals surface area contributed by atoms with Gasteiger partial charge in [0, 0.05) is 12.3 Å². The highest BCUT2D eigenvalue weighted by Crippen LogP contribution is 2.44. The fraction of sp³-hybridized carbons (Fsp3) is 1.00. The number of halogens is 2. The lowest BCUT2D eigenvalue weighted by molar-refractivity contribution is -0.117. The molecule has 0 unspecified atom stereocenters. The Bertz CT molecular complexity index is 168. The van der Waals surface area contributed by atoms with Gasteiger partial charge in [0.25, 0.3) is 5.92 Å². The molecule has 70 valence electrons. The average molecular weight is 175 g/mol. The highest BCUT2D eigenvalue weighted by atomic mass is 19.3. The normalized spacial score (nSPS) is 40.5. The molecule has 0 aromatic heterocycles. The van der Waals surface area contributed by atoms with E-state index in [2.05, 4.69) is 5.32 Å². The minimum Gasteiger partial charge on any atom is -0.316 e. The average Bonchev–Trinajstić information content (AvgIpc) is 2.04. The molecule has 0 aromatic carbocycles. The first kappa shape index (κ1) is 8.42. The molecule has 1 aliphatic heterocycles. The maximum absolute atomic E-state index is 13.3. The molecular formula is C9H15F2N. The zero-order valence-electron chi connectivity index (χ0n) is 7.15. The number of alkyl halides is 2. The fourth-order valence-corrected chi connectivity index (χ4v) is 2.57. The van der Waals surface area contributed by atoms with E-state index in [1.165, 1.54) is 0 Å². The van der Waals surface area contributed by atoms with Gasteiger partial charge in [-0.15, -0.1) is 0 Å². The van der Waals surface area contributed by atoms with Crippen LogP contribution in [0.2, 0.25) is 0 Å². The van der Waals surface area contributed by atoms with Crippen molar-refractivity contribution < 1.29 is 8.78 Å². The van der Waals surface area contributed by atoms with Gasteiger partial charge in [-0.25, -0.2) is 8.78 Å². The summed E-state index contributed by atoms with van der Waals surface area (Å²) in [5.74, 6) is -2.46. The van der Waals surface area contributed by atoms with Crippen molar-refractivity contribution in [2.24, 2.45) is 11.8 Å². The van der Waals surface area contributed by atoms with Crippen LogP contribution in [0.4, 0.5) is 8.78 Å². The van der Waals surface area contributed by atoms with Crippen molar-refractivity contribution in [3.05, 3.63) is 0 Å². The van der Waals surface area contributed by atoms with Crippen molar-refractivity contribution in [2.75, 3.05) is 13.1 Å². The van der Waals surface area contributed by atoms with Crippen molar-refractivity contribution in [2.45, 2.75) is 31.6 Å². The maximum atomic E-state index is 13.3. The van der Waals surface area contributed by atoms with Crippen LogP contribution in [0.15, 0.2) is 0 Å². The van der Waals surface area contributed by atoms with Gasteiger partial charge < -0.3 is 5.32 Å². The highest BCUT2D eigenvalue weighted by Gasteiger charge is 2.47. The summed E-state index contributed by atoms with van der Waals surface area (Å²) in [6, 6.07) is 0. The number of rotatable bonds is 0. The predicted molar refractivity (Wildman–Crippen MR) is 43.3 cm³/mol. The first-order chi connectivity index (χ1) is 5.70. The summed E-state index contributed by atoms with van der Waals surface area (Å²) in [6.45, 7) is 1.58. The molecule has 1 heterocycles. The van der Waals surface area contributed by atoms with Crippen LogP contribution < -0.4 is 5.32 Å². The van der Waals surface area contributed by atoms with Gasteiger partial charge in [0.15, 0.2) is 0 Å². The zero-order valence-corrected chi connectivity index (χ0v) is 7.15. The Balaban J connectivity index is 2.09. The van der Waals surface area contributed by atoms with Gasteiger partial charge in [-0.1, -0.05) is 0 Å². The Hall–Kier alpha value is -0.180. The number of piperidine rings is 1. The standard InChI is InChI=1S/C9H15F2N/c10-9(11)4-1-2-7-6-12-5-3-8(7)9/h7-8,12H,1-6H2/t7-,8-/m1/s1. The molecule has 0 bridgehead atoms. The largest absolute Gasteiger partial charge is 0.316 e. The second-order valence-corrected chi connectivity index (χ2v) is 4.01. The second-order valence-electron chi connectivity index (χ2n) is 4.01. The summed E-state index contributed by atoms with van der Waals surface area (Å²) < 4.78 is 26.6. The summed E-state index contributed by atoms with van der Waals surface area (Å²) in [6.07, 6.45) is 2.48. The summed E-state index contributed by atoms with van der Waals surface area (Å²) in [5.41, 5.74) is 0. The first-order valence-corrected chi connectivity index (χ1v) is 4.79. The maximum Gasteiger partial charge on any atom is 0.251 e. The highest BCUT2D eigenvalue weighted by molar-refractivity contribution is 4.91. The van der Waals surface area contributed by atoms with E-state index >= 15 is 0 Å². The summed E-state index contributed by atoms with van der Waals surface area (Å²) >= 11 is 0. The van der Waals surface area contributed by atoms with E-state index in [1.54, 1.807) is 0 Å². The van der Waals surface area contributed by atoms with Gasteiger partial charge >= 0.3 is 0 Å². The number of nitrogens with one attached hydrogen (secondary N) is 1. The molecule has 2 fully saturated rings. The predicted octanol–water partition coefficient (Wildman–Crippen LogP) is 2.03. The molecule has 1 saturated heterocycles. The van der Waals surface area contributed by atoms with Crippen molar-refractivity contribution in [1.29, 1.82) is 0 Å². The van der Waals surface area contributed by atoms with Crippen molar-refractivity contribution >= 4 is 0 Å². The molecule has 3 heteroatoms. The van der Waals surface area contributed by atoms with Crippen LogP contribution in [0, 0.1) is 11.8 Å². The molecule has 12 heavy (non-hydrogen) atoms. The molecule has 1 N–H and O–H groups in total. The Kier molecular flexibility index (Phi) is 2.07. The molecule has 0 spiro atoms. The third-order valence-electron chi connectivity index (χ3n) is 3.24. The summed E-state index contributed by atoms with van der Waals surface area (Å²) in [7, 11) is 0. The second kappa shape index (κ2) is 2.95. The topological polar surface area (TPSA) is 12.0 Å². The lowest BCUT2D eigenvalue weighted by Gasteiger charge is -2.41. The molecule has 0 amide bonds. The Morgan fingerprint density at radius 2 is 2.08 bits per heavy atom.